The maximum absolute atomic E-state index is 2.39. The van der Waals surface area contributed by atoms with E-state index in [9.17, 15) is 0 Å². The Balaban J connectivity index is 1.79. The number of hydrogen-bond acceptors (Lipinski definition) is 0. The van der Waals surface area contributed by atoms with Crippen LogP contribution >= 0.6 is 0 Å². The fraction of sp³-hybridized carbons (Fsp3) is 0.217. The number of rotatable bonds is 1. The van der Waals surface area contributed by atoms with Crippen molar-refractivity contribution in [3.8, 4) is 22.3 Å². The standard InChI is InChI=1S/C23H22/c1-23(2,3)20-11-9-18-14-19-13-17(16-7-5-4-6-8-16)10-12-21(19)22(18)15-20/h4-13,15H,14H2,1-3H3. The van der Waals surface area contributed by atoms with Crippen LogP contribution in [-0.4, -0.2) is 0 Å². The van der Waals surface area contributed by atoms with Crippen molar-refractivity contribution in [2.24, 2.45) is 0 Å². The lowest BCUT2D eigenvalue weighted by molar-refractivity contribution is 0.590. The zero-order valence-corrected chi connectivity index (χ0v) is 14.1. The van der Waals surface area contributed by atoms with Crippen molar-refractivity contribution in [2.75, 3.05) is 0 Å². The van der Waals surface area contributed by atoms with Crippen molar-refractivity contribution in [3.05, 3.63) is 83.4 Å². The van der Waals surface area contributed by atoms with Crippen molar-refractivity contribution in [1.29, 1.82) is 0 Å². The van der Waals surface area contributed by atoms with E-state index in [-0.39, 0.29) is 5.41 Å². The van der Waals surface area contributed by atoms with Crippen molar-refractivity contribution in [1.82, 2.24) is 0 Å². The van der Waals surface area contributed by atoms with Gasteiger partial charge in [-0.05, 0) is 50.8 Å². The second-order valence-electron chi connectivity index (χ2n) is 7.54. The summed E-state index contributed by atoms with van der Waals surface area (Å²) < 4.78 is 0. The number of benzene rings is 3. The largest absolute Gasteiger partial charge is 0.0622 e. The fourth-order valence-corrected chi connectivity index (χ4v) is 3.47. The quantitative estimate of drug-likeness (QED) is 0.391. The Bertz CT molecular complexity index is 864. The molecule has 0 unspecified atom stereocenters. The molecule has 0 heterocycles. The van der Waals surface area contributed by atoms with Crippen LogP contribution in [0.1, 0.15) is 37.5 Å². The van der Waals surface area contributed by atoms with E-state index in [4.69, 9.17) is 0 Å². The topological polar surface area (TPSA) is 0 Å². The van der Waals surface area contributed by atoms with Crippen LogP contribution in [0.15, 0.2) is 66.7 Å². The third kappa shape index (κ3) is 2.49. The van der Waals surface area contributed by atoms with Crippen LogP contribution in [0.25, 0.3) is 22.3 Å². The van der Waals surface area contributed by atoms with Gasteiger partial charge >= 0.3 is 0 Å². The van der Waals surface area contributed by atoms with Crippen molar-refractivity contribution in [2.45, 2.75) is 32.6 Å². The molecule has 114 valence electrons. The first-order valence-corrected chi connectivity index (χ1v) is 8.34. The monoisotopic (exact) mass is 298 g/mol. The summed E-state index contributed by atoms with van der Waals surface area (Å²) >= 11 is 0. The van der Waals surface area contributed by atoms with E-state index in [1.807, 2.05) is 0 Å². The predicted molar refractivity (Wildman–Crippen MR) is 98.8 cm³/mol. The average molecular weight is 298 g/mol. The summed E-state index contributed by atoms with van der Waals surface area (Å²) in [5.74, 6) is 0. The summed E-state index contributed by atoms with van der Waals surface area (Å²) in [5.41, 5.74) is 9.96. The minimum absolute atomic E-state index is 0.196. The molecule has 0 bridgehead atoms. The summed E-state index contributed by atoms with van der Waals surface area (Å²) in [6.07, 6.45) is 1.05. The van der Waals surface area contributed by atoms with E-state index < -0.39 is 0 Å². The van der Waals surface area contributed by atoms with Gasteiger partial charge in [0.25, 0.3) is 0 Å². The zero-order valence-electron chi connectivity index (χ0n) is 14.1. The van der Waals surface area contributed by atoms with Gasteiger partial charge in [0.1, 0.15) is 0 Å². The highest BCUT2D eigenvalue weighted by Gasteiger charge is 2.22. The highest BCUT2D eigenvalue weighted by molar-refractivity contribution is 5.80. The van der Waals surface area contributed by atoms with E-state index in [2.05, 4.69) is 87.5 Å². The minimum atomic E-state index is 0.196. The maximum atomic E-state index is 2.39. The molecule has 3 aromatic rings. The highest BCUT2D eigenvalue weighted by Crippen LogP contribution is 2.40. The molecule has 0 fully saturated rings. The van der Waals surface area contributed by atoms with E-state index in [1.165, 1.54) is 38.9 Å². The molecule has 0 atom stereocenters. The lowest BCUT2D eigenvalue weighted by Gasteiger charge is -2.20. The molecule has 0 amide bonds. The molecule has 0 aliphatic heterocycles. The highest BCUT2D eigenvalue weighted by atomic mass is 14.3. The van der Waals surface area contributed by atoms with Crippen LogP contribution < -0.4 is 0 Å². The molecular weight excluding hydrogens is 276 g/mol. The van der Waals surface area contributed by atoms with E-state index >= 15 is 0 Å². The lowest BCUT2D eigenvalue weighted by Crippen LogP contribution is -2.10. The Morgan fingerprint density at radius 2 is 1.43 bits per heavy atom. The number of fused-ring (bicyclic) bond motifs is 3. The minimum Gasteiger partial charge on any atom is -0.0622 e. The Kier molecular flexibility index (Phi) is 3.16. The van der Waals surface area contributed by atoms with Crippen molar-refractivity contribution >= 4 is 0 Å². The van der Waals surface area contributed by atoms with E-state index in [1.54, 1.807) is 0 Å². The molecule has 3 aromatic carbocycles. The van der Waals surface area contributed by atoms with Gasteiger partial charge in [0, 0.05) is 0 Å². The fourth-order valence-electron chi connectivity index (χ4n) is 3.47. The van der Waals surface area contributed by atoms with Crippen LogP contribution in [0.2, 0.25) is 0 Å². The van der Waals surface area contributed by atoms with Crippen LogP contribution in [0.4, 0.5) is 0 Å². The summed E-state index contributed by atoms with van der Waals surface area (Å²) in [7, 11) is 0. The Morgan fingerprint density at radius 1 is 0.652 bits per heavy atom. The van der Waals surface area contributed by atoms with Gasteiger partial charge in [-0.2, -0.15) is 0 Å². The van der Waals surface area contributed by atoms with Gasteiger partial charge in [-0.3, -0.25) is 0 Å². The molecule has 4 rings (SSSR count). The molecule has 23 heavy (non-hydrogen) atoms. The van der Waals surface area contributed by atoms with Gasteiger partial charge in [-0.15, -0.1) is 0 Å². The van der Waals surface area contributed by atoms with Gasteiger partial charge in [0.15, 0.2) is 0 Å². The Morgan fingerprint density at radius 3 is 2.17 bits per heavy atom. The third-order valence-electron chi connectivity index (χ3n) is 4.86. The molecule has 0 nitrogen and oxygen atoms in total. The van der Waals surface area contributed by atoms with Gasteiger partial charge in [-0.1, -0.05) is 87.5 Å². The van der Waals surface area contributed by atoms with Crippen LogP contribution in [0.3, 0.4) is 0 Å². The smallest absolute Gasteiger partial charge is 0.00132 e. The van der Waals surface area contributed by atoms with Gasteiger partial charge in [0.05, 0.1) is 0 Å². The summed E-state index contributed by atoms with van der Waals surface area (Å²) in [6, 6.07) is 24.6. The summed E-state index contributed by atoms with van der Waals surface area (Å²) in [4.78, 5) is 0. The van der Waals surface area contributed by atoms with Crippen molar-refractivity contribution in [3.63, 3.8) is 0 Å². The first-order chi connectivity index (χ1) is 11.0. The normalized spacial score (nSPS) is 12.8. The molecular formula is C23H22. The second kappa shape index (κ2) is 5.09. The average Bonchev–Trinajstić information content (AvgIpc) is 2.91. The van der Waals surface area contributed by atoms with Crippen LogP contribution in [0, 0.1) is 0 Å². The lowest BCUT2D eigenvalue weighted by atomic mass is 9.85. The first-order valence-electron chi connectivity index (χ1n) is 8.34. The molecule has 1 aliphatic carbocycles. The van der Waals surface area contributed by atoms with Gasteiger partial charge in [-0.25, -0.2) is 0 Å². The Hall–Kier alpha value is -2.34. The molecule has 0 aromatic heterocycles. The van der Waals surface area contributed by atoms with Gasteiger partial charge < -0.3 is 0 Å². The molecule has 1 aliphatic rings. The molecule has 0 spiro atoms. The van der Waals surface area contributed by atoms with Crippen LogP contribution in [0.5, 0.6) is 0 Å². The second-order valence-corrected chi connectivity index (χ2v) is 7.54. The van der Waals surface area contributed by atoms with E-state index in [0.29, 0.717) is 0 Å². The number of hydrogen-bond donors (Lipinski definition) is 0. The first kappa shape index (κ1) is 14.3. The Labute approximate surface area is 138 Å². The van der Waals surface area contributed by atoms with Crippen molar-refractivity contribution < 1.29 is 0 Å². The molecule has 0 saturated carbocycles. The van der Waals surface area contributed by atoms with E-state index in [0.717, 1.165) is 6.42 Å². The SMILES string of the molecule is CC(C)(C)c1ccc2c(c1)-c1ccc(-c3ccccc3)cc1C2. The third-order valence-corrected chi connectivity index (χ3v) is 4.86. The van der Waals surface area contributed by atoms with Gasteiger partial charge in [0.2, 0.25) is 0 Å². The molecule has 0 radical (unpaired) electrons. The molecule has 0 heteroatoms. The molecule has 0 saturated heterocycles. The predicted octanol–water partition coefficient (Wildman–Crippen LogP) is 6.22. The summed E-state index contributed by atoms with van der Waals surface area (Å²) in [6.45, 7) is 6.84. The zero-order chi connectivity index (χ0) is 16.0. The summed E-state index contributed by atoms with van der Waals surface area (Å²) in [5, 5.41) is 0. The molecule has 0 N–H and O–H groups in total. The maximum Gasteiger partial charge on any atom is -0.00132 e. The van der Waals surface area contributed by atoms with Crippen LogP contribution in [-0.2, 0) is 11.8 Å².